The zero-order valence-corrected chi connectivity index (χ0v) is 17.5. The van der Waals surface area contributed by atoms with Gasteiger partial charge in [-0.25, -0.2) is 9.18 Å². The lowest BCUT2D eigenvalue weighted by molar-refractivity contribution is -0.141. The molecule has 154 valence electrons. The van der Waals surface area contributed by atoms with E-state index in [-0.39, 0.29) is 22.4 Å². The number of rotatable bonds is 10. The maximum Gasteiger partial charge on any atom is 0.327 e. The maximum atomic E-state index is 12.9. The van der Waals surface area contributed by atoms with E-state index in [0.29, 0.717) is 11.3 Å². The van der Waals surface area contributed by atoms with Gasteiger partial charge in [0.15, 0.2) is 0 Å². The van der Waals surface area contributed by atoms with E-state index in [0.717, 1.165) is 17.3 Å². The lowest BCUT2D eigenvalue weighted by Gasteiger charge is -2.17. The zero-order chi connectivity index (χ0) is 21.2. The number of hydrogen-bond donors (Lipinski definition) is 2. The van der Waals surface area contributed by atoms with Crippen LogP contribution in [-0.4, -0.2) is 39.6 Å². The van der Waals surface area contributed by atoms with E-state index in [9.17, 15) is 23.9 Å². The topological polar surface area (TPSA) is 83.5 Å². The van der Waals surface area contributed by atoms with Crippen LogP contribution in [0.15, 0.2) is 54.6 Å². The van der Waals surface area contributed by atoms with Gasteiger partial charge in [-0.05, 0) is 17.7 Å². The first-order valence-electron chi connectivity index (χ1n) is 8.94. The predicted molar refractivity (Wildman–Crippen MR) is 115 cm³/mol. The van der Waals surface area contributed by atoms with Gasteiger partial charge >= 0.3 is 5.97 Å². The first-order chi connectivity index (χ1) is 13.9. The lowest BCUT2D eigenvalue weighted by atomic mass is 10.2. The zero-order valence-electron chi connectivity index (χ0n) is 15.8. The number of carboxylic acid groups (broad SMARTS) is 1. The third kappa shape index (κ3) is 7.91. The normalized spacial score (nSPS) is 12.8. The highest BCUT2D eigenvalue weighted by molar-refractivity contribution is 8.14. The molecule has 0 aliphatic carbocycles. The number of thioether (sulfide) groups is 2. The minimum atomic E-state index is -1.12. The van der Waals surface area contributed by atoms with Crippen LogP contribution >= 0.6 is 23.5 Å². The molecule has 29 heavy (non-hydrogen) atoms. The van der Waals surface area contributed by atoms with Crippen LogP contribution in [0, 0.1) is 11.7 Å². The summed E-state index contributed by atoms with van der Waals surface area (Å²) >= 11 is 2.38. The first kappa shape index (κ1) is 23.0. The van der Waals surface area contributed by atoms with Crippen molar-refractivity contribution in [2.24, 2.45) is 5.92 Å². The number of amides is 1. The Labute approximate surface area is 177 Å². The summed E-state index contributed by atoms with van der Waals surface area (Å²) in [5, 5.41) is 11.8. The van der Waals surface area contributed by atoms with E-state index < -0.39 is 23.8 Å². The number of carboxylic acids is 1. The van der Waals surface area contributed by atoms with Crippen LogP contribution < -0.4 is 5.32 Å². The molecule has 2 aromatic rings. The van der Waals surface area contributed by atoms with Gasteiger partial charge in [0.2, 0.25) is 11.0 Å². The molecule has 0 fully saturated rings. The average molecular weight is 436 g/mol. The van der Waals surface area contributed by atoms with Gasteiger partial charge in [-0.3, -0.25) is 9.59 Å². The second kappa shape index (κ2) is 11.6. The second-order valence-corrected chi connectivity index (χ2v) is 8.43. The number of carbonyl (C=O) groups is 3. The highest BCUT2D eigenvalue weighted by Gasteiger charge is 2.23. The number of nitrogens with one attached hydrogen (secondary N) is 1. The monoisotopic (exact) mass is 435 g/mol. The van der Waals surface area contributed by atoms with Crippen LogP contribution in [0.5, 0.6) is 0 Å². The van der Waals surface area contributed by atoms with Gasteiger partial charge in [0.05, 0.1) is 0 Å². The quantitative estimate of drug-likeness (QED) is 0.590. The van der Waals surface area contributed by atoms with E-state index in [1.165, 1.54) is 23.9 Å². The summed E-state index contributed by atoms with van der Waals surface area (Å²) in [6, 6.07) is 13.7. The Morgan fingerprint density at radius 1 is 1.03 bits per heavy atom. The molecule has 0 saturated heterocycles. The summed E-state index contributed by atoms with van der Waals surface area (Å²) in [5.41, 5.74) is 1.43. The third-order valence-electron chi connectivity index (χ3n) is 4.00. The van der Waals surface area contributed by atoms with E-state index >= 15 is 0 Å². The molecule has 0 unspecified atom stereocenters. The Kier molecular flexibility index (Phi) is 9.21. The van der Waals surface area contributed by atoms with Crippen LogP contribution in [0.3, 0.4) is 0 Å². The summed E-state index contributed by atoms with van der Waals surface area (Å²) in [4.78, 5) is 35.9. The molecule has 0 heterocycles. The van der Waals surface area contributed by atoms with Crippen molar-refractivity contribution in [2.75, 3.05) is 11.5 Å². The SMILES string of the molecule is C[C@H](CSC(=O)c1ccccc1)C(=O)N[C@@H](CSCc1ccc(F)cc1)C(=O)O. The van der Waals surface area contributed by atoms with Gasteiger partial charge in [0.25, 0.3) is 0 Å². The van der Waals surface area contributed by atoms with Gasteiger partial charge in [0, 0.05) is 28.7 Å². The predicted octanol–water partition coefficient (Wildman–Crippen LogP) is 3.84. The molecule has 2 aromatic carbocycles. The maximum absolute atomic E-state index is 12.9. The van der Waals surface area contributed by atoms with Gasteiger partial charge in [-0.2, -0.15) is 11.8 Å². The largest absolute Gasteiger partial charge is 0.480 e. The number of carbonyl (C=O) groups excluding carboxylic acids is 2. The molecule has 0 saturated carbocycles. The number of hydrogen-bond acceptors (Lipinski definition) is 5. The van der Waals surface area contributed by atoms with Crippen molar-refractivity contribution in [1.29, 1.82) is 0 Å². The van der Waals surface area contributed by atoms with Crippen molar-refractivity contribution in [3.63, 3.8) is 0 Å². The molecule has 8 heteroatoms. The first-order valence-corrected chi connectivity index (χ1v) is 11.1. The smallest absolute Gasteiger partial charge is 0.327 e. The van der Waals surface area contributed by atoms with Crippen LogP contribution in [-0.2, 0) is 15.3 Å². The van der Waals surface area contributed by atoms with E-state index in [4.69, 9.17) is 0 Å². The molecule has 0 radical (unpaired) electrons. The van der Waals surface area contributed by atoms with Crippen LogP contribution in [0.1, 0.15) is 22.8 Å². The van der Waals surface area contributed by atoms with Crippen molar-refractivity contribution in [1.82, 2.24) is 5.32 Å². The Bertz CT molecular complexity index is 830. The summed E-state index contributed by atoms with van der Waals surface area (Å²) in [7, 11) is 0. The molecular weight excluding hydrogens is 413 g/mol. The standard InChI is InChI=1S/C21H22FNO4S2/c1-14(11-29-21(27)16-5-3-2-4-6-16)19(24)23-18(20(25)26)13-28-12-15-7-9-17(22)10-8-15/h2-10,14,18H,11-13H2,1H3,(H,23,24)(H,25,26)/t14-,18+/m1/s1. The van der Waals surface area contributed by atoms with Gasteiger partial charge in [-0.15, -0.1) is 0 Å². The summed E-state index contributed by atoms with van der Waals surface area (Å²) < 4.78 is 12.9. The van der Waals surface area contributed by atoms with Crippen molar-refractivity contribution in [3.8, 4) is 0 Å². The molecule has 0 bridgehead atoms. The van der Waals surface area contributed by atoms with Crippen molar-refractivity contribution >= 4 is 40.5 Å². The highest BCUT2D eigenvalue weighted by atomic mass is 32.2. The van der Waals surface area contributed by atoms with Crippen LogP contribution in [0.2, 0.25) is 0 Å². The third-order valence-corrected chi connectivity index (χ3v) is 6.27. The minimum Gasteiger partial charge on any atom is -0.480 e. The van der Waals surface area contributed by atoms with Gasteiger partial charge in [0.1, 0.15) is 11.9 Å². The molecule has 1 amide bonds. The van der Waals surface area contributed by atoms with Crippen molar-refractivity contribution in [2.45, 2.75) is 18.7 Å². The minimum absolute atomic E-state index is 0.130. The summed E-state index contributed by atoms with van der Waals surface area (Å²) in [5.74, 6) is -1.42. The molecule has 2 atom stereocenters. The van der Waals surface area contributed by atoms with E-state index in [1.54, 1.807) is 43.3 Å². The van der Waals surface area contributed by atoms with E-state index in [2.05, 4.69) is 5.32 Å². The lowest BCUT2D eigenvalue weighted by Crippen LogP contribution is -2.45. The van der Waals surface area contributed by atoms with Gasteiger partial charge < -0.3 is 10.4 Å². The molecule has 2 N–H and O–H groups in total. The average Bonchev–Trinajstić information content (AvgIpc) is 2.72. The molecule has 5 nitrogen and oxygen atoms in total. The van der Waals surface area contributed by atoms with Crippen molar-refractivity contribution < 1.29 is 23.9 Å². The fourth-order valence-electron chi connectivity index (χ4n) is 2.30. The Balaban J connectivity index is 1.79. The Hall–Kier alpha value is -2.32. The highest BCUT2D eigenvalue weighted by Crippen LogP contribution is 2.17. The molecule has 0 aliphatic rings. The number of benzene rings is 2. The molecule has 2 rings (SSSR count). The van der Waals surface area contributed by atoms with E-state index in [1.807, 2.05) is 6.07 Å². The molecule has 0 spiro atoms. The summed E-state index contributed by atoms with van der Waals surface area (Å²) in [6.07, 6.45) is 0. The fraction of sp³-hybridized carbons (Fsp3) is 0.286. The Morgan fingerprint density at radius 3 is 2.31 bits per heavy atom. The van der Waals surface area contributed by atoms with Gasteiger partial charge in [-0.1, -0.05) is 61.2 Å². The molecular formula is C21H22FNO4S2. The number of halogens is 1. The van der Waals surface area contributed by atoms with Crippen LogP contribution in [0.4, 0.5) is 4.39 Å². The van der Waals surface area contributed by atoms with Crippen molar-refractivity contribution in [3.05, 3.63) is 71.5 Å². The molecule has 0 aliphatic heterocycles. The number of aliphatic carboxylic acids is 1. The Morgan fingerprint density at radius 2 is 1.69 bits per heavy atom. The fourth-order valence-corrected chi connectivity index (χ4v) is 4.16. The summed E-state index contributed by atoms with van der Waals surface area (Å²) in [6.45, 7) is 1.66. The molecule has 0 aromatic heterocycles. The van der Waals surface area contributed by atoms with Crippen LogP contribution in [0.25, 0.3) is 0 Å². The second-order valence-electron chi connectivity index (χ2n) is 6.41.